The molecule has 2 aliphatic rings. The van der Waals surface area contributed by atoms with Crippen LogP contribution < -0.4 is 0 Å². The van der Waals surface area contributed by atoms with Crippen LogP contribution in [0.1, 0.15) is 24.5 Å². The number of rotatable bonds is 4. The van der Waals surface area contributed by atoms with Gasteiger partial charge in [-0.25, -0.2) is 4.98 Å². The van der Waals surface area contributed by atoms with Crippen molar-refractivity contribution in [2.24, 2.45) is 0 Å². The summed E-state index contributed by atoms with van der Waals surface area (Å²) in [6.07, 6.45) is 9.97. The van der Waals surface area contributed by atoms with Crippen LogP contribution >= 0.6 is 0 Å². The second-order valence-corrected chi connectivity index (χ2v) is 4.82. The Morgan fingerprint density at radius 3 is 3.00 bits per heavy atom. The second kappa shape index (κ2) is 4.80. The van der Waals surface area contributed by atoms with Gasteiger partial charge in [0.05, 0.1) is 0 Å². The summed E-state index contributed by atoms with van der Waals surface area (Å²) < 4.78 is 3.23. The molecular formula is C15H17N3O. The fraction of sp³-hybridized carbons (Fsp3) is 0.267. The third kappa shape index (κ3) is 2.21. The van der Waals surface area contributed by atoms with Crippen LogP contribution in [0.4, 0.5) is 0 Å². The van der Waals surface area contributed by atoms with Gasteiger partial charge < -0.3 is 9.77 Å². The Morgan fingerprint density at radius 2 is 2.16 bits per heavy atom. The van der Waals surface area contributed by atoms with Crippen LogP contribution in [-0.2, 0) is 13.0 Å². The molecule has 0 amide bonds. The molecule has 3 rings (SSSR count). The van der Waals surface area contributed by atoms with Gasteiger partial charge in [-0.2, -0.15) is 4.73 Å². The maximum atomic E-state index is 9.67. The maximum Gasteiger partial charge on any atom is 0.175 e. The first-order valence-electron chi connectivity index (χ1n) is 6.57. The van der Waals surface area contributed by atoms with Gasteiger partial charge >= 0.3 is 0 Å². The molecule has 1 N–H and O–H groups in total. The largest absolute Gasteiger partial charge is 0.427 e. The molecule has 0 radical (unpaired) electrons. The van der Waals surface area contributed by atoms with Crippen molar-refractivity contribution in [3.8, 4) is 11.4 Å². The summed E-state index contributed by atoms with van der Waals surface area (Å²) in [7, 11) is 0. The Hall–Kier alpha value is -2.23. The van der Waals surface area contributed by atoms with Crippen molar-refractivity contribution in [2.75, 3.05) is 0 Å². The molecule has 0 saturated carbocycles. The monoisotopic (exact) mass is 255 g/mol. The van der Waals surface area contributed by atoms with Crippen LogP contribution in [-0.4, -0.2) is 19.5 Å². The first-order chi connectivity index (χ1) is 9.28. The molecular weight excluding hydrogens is 238 g/mol. The Labute approximate surface area is 112 Å². The molecule has 3 heterocycles. The van der Waals surface area contributed by atoms with Crippen molar-refractivity contribution in [2.45, 2.75) is 26.3 Å². The lowest BCUT2D eigenvalue weighted by Crippen LogP contribution is -2.00. The van der Waals surface area contributed by atoms with Crippen LogP contribution in [0.3, 0.4) is 0 Å². The molecule has 2 aliphatic heterocycles. The third-order valence-electron chi connectivity index (χ3n) is 3.34. The number of hydrogen-bond acceptors (Lipinski definition) is 2. The van der Waals surface area contributed by atoms with Gasteiger partial charge in [-0.05, 0) is 30.2 Å². The van der Waals surface area contributed by atoms with E-state index in [1.54, 1.807) is 6.20 Å². The minimum Gasteiger partial charge on any atom is -0.427 e. The van der Waals surface area contributed by atoms with Gasteiger partial charge in [-0.3, -0.25) is 0 Å². The lowest BCUT2D eigenvalue weighted by Gasteiger charge is -2.06. The van der Waals surface area contributed by atoms with Crippen LogP contribution in [0.2, 0.25) is 0 Å². The Kier molecular flexibility index (Phi) is 2.99. The highest BCUT2D eigenvalue weighted by Crippen LogP contribution is 2.24. The number of nitrogens with zero attached hydrogens (tertiary/aromatic N) is 3. The molecule has 0 atom stereocenters. The SMILES string of the molecule is CCCc1ccn(Cc2cnc3n(O)cccc2-3)c1. The highest BCUT2D eigenvalue weighted by Gasteiger charge is 2.14. The summed E-state index contributed by atoms with van der Waals surface area (Å²) >= 11 is 0. The molecule has 1 aromatic heterocycles. The third-order valence-corrected chi connectivity index (χ3v) is 3.34. The minimum atomic E-state index is 0.610. The average molecular weight is 255 g/mol. The summed E-state index contributed by atoms with van der Waals surface area (Å²) in [5.74, 6) is 0.610. The maximum absolute atomic E-state index is 9.67. The fourth-order valence-electron chi connectivity index (χ4n) is 2.43. The standard InChI is InChI=1S/C15H17N3O/c1-2-4-12-6-8-17(10-12)11-13-9-16-15-14(13)5-3-7-18(15)19/h3,5-10,19H,2,4,11H2,1H3. The van der Waals surface area contributed by atoms with Gasteiger partial charge in [-0.1, -0.05) is 13.3 Å². The zero-order chi connectivity index (χ0) is 13.2. The number of aryl methyl sites for hydroxylation is 1. The van der Waals surface area contributed by atoms with E-state index in [4.69, 9.17) is 0 Å². The van der Waals surface area contributed by atoms with Crippen molar-refractivity contribution in [1.29, 1.82) is 0 Å². The van der Waals surface area contributed by atoms with Crippen LogP contribution in [0.25, 0.3) is 11.4 Å². The van der Waals surface area contributed by atoms with E-state index in [1.807, 2.05) is 18.3 Å². The van der Waals surface area contributed by atoms with Crippen LogP contribution in [0, 0.1) is 0 Å². The smallest absolute Gasteiger partial charge is 0.175 e. The quantitative estimate of drug-likeness (QED) is 0.728. The zero-order valence-corrected chi connectivity index (χ0v) is 11.0. The Balaban J connectivity index is 1.86. The molecule has 0 bridgehead atoms. The number of fused-ring (bicyclic) bond motifs is 1. The molecule has 1 aromatic rings. The van der Waals surface area contributed by atoms with Gasteiger partial charge in [0.1, 0.15) is 0 Å². The van der Waals surface area contributed by atoms with E-state index in [-0.39, 0.29) is 0 Å². The highest BCUT2D eigenvalue weighted by molar-refractivity contribution is 5.62. The van der Waals surface area contributed by atoms with Gasteiger partial charge in [0.2, 0.25) is 0 Å². The number of hydrogen-bond donors (Lipinski definition) is 1. The second-order valence-electron chi connectivity index (χ2n) is 4.82. The Morgan fingerprint density at radius 1 is 1.26 bits per heavy atom. The van der Waals surface area contributed by atoms with E-state index in [0.717, 1.165) is 35.2 Å². The van der Waals surface area contributed by atoms with E-state index >= 15 is 0 Å². The van der Waals surface area contributed by atoms with Gasteiger partial charge in [0.25, 0.3) is 0 Å². The van der Waals surface area contributed by atoms with E-state index in [1.165, 1.54) is 5.56 Å². The molecule has 0 aromatic carbocycles. The van der Waals surface area contributed by atoms with Crippen molar-refractivity contribution in [3.63, 3.8) is 0 Å². The molecule has 4 nitrogen and oxygen atoms in total. The van der Waals surface area contributed by atoms with Crippen molar-refractivity contribution in [1.82, 2.24) is 14.3 Å². The van der Waals surface area contributed by atoms with Gasteiger partial charge in [0, 0.05) is 42.5 Å². The summed E-state index contributed by atoms with van der Waals surface area (Å²) in [5, 5.41) is 9.67. The van der Waals surface area contributed by atoms with Crippen molar-refractivity contribution in [3.05, 3.63) is 54.1 Å². The van der Waals surface area contributed by atoms with E-state index in [2.05, 4.69) is 34.9 Å². The van der Waals surface area contributed by atoms with E-state index < -0.39 is 0 Å². The summed E-state index contributed by atoms with van der Waals surface area (Å²) in [6, 6.07) is 5.97. The lowest BCUT2D eigenvalue weighted by atomic mass is 10.1. The first kappa shape index (κ1) is 11.8. The summed E-state index contributed by atoms with van der Waals surface area (Å²) in [4.78, 5) is 4.26. The van der Waals surface area contributed by atoms with E-state index in [9.17, 15) is 5.21 Å². The molecule has 0 unspecified atom stereocenters. The fourth-order valence-corrected chi connectivity index (χ4v) is 2.43. The van der Waals surface area contributed by atoms with Crippen molar-refractivity contribution >= 4 is 0 Å². The molecule has 4 heteroatoms. The first-order valence-corrected chi connectivity index (χ1v) is 6.57. The molecule has 19 heavy (non-hydrogen) atoms. The lowest BCUT2D eigenvalue weighted by molar-refractivity contribution is 0.187. The molecule has 0 aliphatic carbocycles. The van der Waals surface area contributed by atoms with Crippen LogP contribution in [0.15, 0.2) is 43.0 Å². The molecule has 0 fully saturated rings. The predicted molar refractivity (Wildman–Crippen MR) is 73.6 cm³/mol. The van der Waals surface area contributed by atoms with Crippen LogP contribution in [0.5, 0.6) is 0 Å². The van der Waals surface area contributed by atoms with Gasteiger partial charge in [0.15, 0.2) is 5.82 Å². The minimum absolute atomic E-state index is 0.610. The topological polar surface area (TPSA) is 43.0 Å². The number of pyridine rings is 1. The zero-order valence-electron chi connectivity index (χ0n) is 11.0. The molecule has 0 spiro atoms. The molecule has 98 valence electrons. The Bertz CT molecular complexity index is 653. The average Bonchev–Trinajstić information content (AvgIpc) is 3.00. The number of aromatic nitrogens is 3. The summed E-state index contributed by atoms with van der Waals surface area (Å²) in [6.45, 7) is 2.97. The summed E-state index contributed by atoms with van der Waals surface area (Å²) in [5.41, 5.74) is 3.48. The highest BCUT2D eigenvalue weighted by atomic mass is 16.5. The van der Waals surface area contributed by atoms with Crippen molar-refractivity contribution < 1.29 is 5.21 Å². The normalized spacial score (nSPS) is 11.2. The predicted octanol–water partition coefficient (Wildman–Crippen LogP) is 3.03. The molecule has 0 saturated heterocycles. The van der Waals surface area contributed by atoms with E-state index in [0.29, 0.717) is 5.82 Å². The van der Waals surface area contributed by atoms with Gasteiger partial charge in [-0.15, -0.1) is 0 Å².